The maximum Gasteiger partial charge on any atom is 0.251 e. The lowest BCUT2D eigenvalue weighted by molar-refractivity contribution is 0.0562. The van der Waals surface area contributed by atoms with Crippen molar-refractivity contribution in [1.82, 2.24) is 10.6 Å². The molecule has 0 radical (unpaired) electrons. The normalized spacial score (nSPS) is 19.3. The Labute approximate surface area is 151 Å². The minimum absolute atomic E-state index is 0.0615. The molecule has 0 saturated carbocycles. The summed E-state index contributed by atoms with van der Waals surface area (Å²) in [7, 11) is 0. The van der Waals surface area contributed by atoms with Crippen LogP contribution in [0, 0.1) is 0 Å². The smallest absolute Gasteiger partial charge is 0.251 e. The number of carbonyl (C=O) groups is 2. The Balaban J connectivity index is 1.79. The first-order valence-corrected chi connectivity index (χ1v) is 8.54. The summed E-state index contributed by atoms with van der Waals surface area (Å²) < 4.78 is 0. The average Bonchev–Trinajstić information content (AvgIpc) is 3.07. The number of aromatic hydroxyl groups is 1. The van der Waals surface area contributed by atoms with Gasteiger partial charge in [0.2, 0.25) is 0 Å². The number of hydrogen-bond acceptors (Lipinski definition) is 5. The summed E-state index contributed by atoms with van der Waals surface area (Å²) in [5.74, 6) is -0.553. The average molecular weight is 354 g/mol. The van der Waals surface area contributed by atoms with Gasteiger partial charge < -0.3 is 20.8 Å². The van der Waals surface area contributed by atoms with Crippen LogP contribution in [0.4, 0.5) is 0 Å². The van der Waals surface area contributed by atoms with E-state index in [0.717, 1.165) is 17.7 Å². The molecule has 26 heavy (non-hydrogen) atoms. The summed E-state index contributed by atoms with van der Waals surface area (Å²) in [6, 6.07) is 11.8. The number of ketones is 1. The predicted molar refractivity (Wildman–Crippen MR) is 98.3 cm³/mol. The maximum atomic E-state index is 12.4. The minimum Gasteiger partial charge on any atom is -0.507 e. The number of rotatable bonds is 5. The third-order valence-corrected chi connectivity index (χ3v) is 4.63. The van der Waals surface area contributed by atoms with Crippen LogP contribution < -0.4 is 10.6 Å². The van der Waals surface area contributed by atoms with Crippen molar-refractivity contribution in [3.63, 3.8) is 0 Å². The summed E-state index contributed by atoms with van der Waals surface area (Å²) in [5, 5.41) is 25.9. The van der Waals surface area contributed by atoms with Gasteiger partial charge in [-0.15, -0.1) is 0 Å². The second-order valence-electron chi connectivity index (χ2n) is 6.70. The van der Waals surface area contributed by atoms with Gasteiger partial charge in [-0.2, -0.15) is 0 Å². The number of carbonyl (C=O) groups excluding carboxylic acids is 2. The highest BCUT2D eigenvalue weighted by atomic mass is 16.3. The summed E-state index contributed by atoms with van der Waals surface area (Å²) in [6.07, 6.45) is 0.606. The fraction of sp³-hybridized carbons (Fsp3) is 0.300. The van der Waals surface area contributed by atoms with E-state index in [1.807, 2.05) is 6.07 Å². The standard InChI is InChI=1S/C20H22N2O4/c1-13(23)17-10-15(5-6-18(17)24)14-3-2-4-16(9-14)19(25)22-12-20(26)7-8-21-11-20/h2-6,9-10,21,24,26H,7-8,11-12H2,1H3,(H,22,25)/t20-/m0/s1. The highest BCUT2D eigenvalue weighted by molar-refractivity contribution is 5.98. The van der Waals surface area contributed by atoms with Crippen LogP contribution in [0.1, 0.15) is 34.1 Å². The highest BCUT2D eigenvalue weighted by Gasteiger charge is 2.31. The number of phenolic OH excluding ortho intramolecular Hbond substituents is 1. The molecule has 6 nitrogen and oxygen atoms in total. The molecule has 0 aromatic heterocycles. The van der Waals surface area contributed by atoms with E-state index in [-0.39, 0.29) is 29.5 Å². The van der Waals surface area contributed by atoms with Gasteiger partial charge >= 0.3 is 0 Å². The van der Waals surface area contributed by atoms with Crippen molar-refractivity contribution in [3.05, 3.63) is 53.6 Å². The van der Waals surface area contributed by atoms with E-state index in [1.165, 1.54) is 13.0 Å². The lowest BCUT2D eigenvalue weighted by Gasteiger charge is -2.21. The third-order valence-electron chi connectivity index (χ3n) is 4.63. The van der Waals surface area contributed by atoms with E-state index >= 15 is 0 Å². The third kappa shape index (κ3) is 3.92. The van der Waals surface area contributed by atoms with Crippen molar-refractivity contribution >= 4 is 11.7 Å². The molecule has 0 unspecified atom stereocenters. The Hall–Kier alpha value is -2.70. The van der Waals surface area contributed by atoms with Gasteiger partial charge in [-0.05, 0) is 55.3 Å². The van der Waals surface area contributed by atoms with Gasteiger partial charge in [0, 0.05) is 18.7 Å². The van der Waals surface area contributed by atoms with Crippen LogP contribution in [-0.2, 0) is 0 Å². The molecule has 0 spiro atoms. The molecule has 0 aliphatic carbocycles. The van der Waals surface area contributed by atoms with Crippen LogP contribution in [0.25, 0.3) is 11.1 Å². The van der Waals surface area contributed by atoms with Gasteiger partial charge in [0.25, 0.3) is 5.91 Å². The lowest BCUT2D eigenvalue weighted by atomic mass is 9.99. The Bertz CT molecular complexity index is 841. The summed E-state index contributed by atoms with van der Waals surface area (Å²) in [4.78, 5) is 24.0. The highest BCUT2D eigenvalue weighted by Crippen LogP contribution is 2.27. The van der Waals surface area contributed by atoms with Crippen molar-refractivity contribution in [2.75, 3.05) is 19.6 Å². The molecule has 1 saturated heterocycles. The molecule has 1 atom stereocenters. The number of nitrogens with one attached hydrogen (secondary N) is 2. The molecule has 6 heteroatoms. The van der Waals surface area contributed by atoms with Crippen LogP contribution >= 0.6 is 0 Å². The molecule has 4 N–H and O–H groups in total. The van der Waals surface area contributed by atoms with Crippen LogP contribution in [0.15, 0.2) is 42.5 Å². The van der Waals surface area contributed by atoms with Gasteiger partial charge in [-0.3, -0.25) is 9.59 Å². The second kappa shape index (κ2) is 7.27. The first kappa shape index (κ1) is 18.1. The zero-order valence-corrected chi connectivity index (χ0v) is 14.6. The first-order chi connectivity index (χ1) is 12.4. The van der Waals surface area contributed by atoms with E-state index in [1.54, 1.807) is 30.3 Å². The van der Waals surface area contributed by atoms with Crippen molar-refractivity contribution in [2.45, 2.75) is 18.9 Å². The molecule has 1 fully saturated rings. The van der Waals surface area contributed by atoms with Crippen molar-refractivity contribution in [2.24, 2.45) is 0 Å². The van der Waals surface area contributed by atoms with Gasteiger partial charge in [0.15, 0.2) is 5.78 Å². The van der Waals surface area contributed by atoms with Gasteiger partial charge in [0.05, 0.1) is 11.2 Å². The topological polar surface area (TPSA) is 98.7 Å². The number of Topliss-reactive ketones (excluding diaryl/α,β-unsaturated/α-hetero) is 1. The summed E-state index contributed by atoms with van der Waals surface area (Å²) >= 11 is 0. The Morgan fingerprint density at radius 1 is 1.19 bits per heavy atom. The second-order valence-corrected chi connectivity index (χ2v) is 6.70. The number of hydrogen-bond donors (Lipinski definition) is 4. The van der Waals surface area contributed by atoms with E-state index in [0.29, 0.717) is 18.5 Å². The number of β-amino-alcohol motifs (C(OH)–C–C–N with tert-alkyl or cyclic N) is 1. The fourth-order valence-electron chi connectivity index (χ4n) is 3.07. The number of amides is 1. The van der Waals surface area contributed by atoms with Gasteiger partial charge in [-0.1, -0.05) is 18.2 Å². The Morgan fingerprint density at radius 3 is 2.65 bits per heavy atom. The lowest BCUT2D eigenvalue weighted by Crippen LogP contribution is -2.44. The van der Waals surface area contributed by atoms with E-state index in [2.05, 4.69) is 10.6 Å². The maximum absolute atomic E-state index is 12.4. The molecule has 1 aliphatic heterocycles. The SMILES string of the molecule is CC(=O)c1cc(-c2cccc(C(=O)NC[C@]3(O)CCNC3)c2)ccc1O. The molecule has 1 amide bonds. The van der Waals surface area contributed by atoms with E-state index in [9.17, 15) is 19.8 Å². The van der Waals surface area contributed by atoms with Crippen molar-refractivity contribution in [1.29, 1.82) is 0 Å². The van der Waals surface area contributed by atoms with Crippen molar-refractivity contribution in [3.8, 4) is 16.9 Å². The van der Waals surface area contributed by atoms with Gasteiger partial charge in [0.1, 0.15) is 5.75 Å². The molecule has 3 rings (SSSR count). The van der Waals surface area contributed by atoms with Gasteiger partial charge in [-0.25, -0.2) is 0 Å². The molecule has 1 heterocycles. The molecule has 2 aromatic carbocycles. The zero-order valence-electron chi connectivity index (χ0n) is 14.6. The largest absolute Gasteiger partial charge is 0.507 e. The molecule has 0 bridgehead atoms. The number of aliphatic hydroxyl groups is 1. The summed E-state index contributed by atoms with van der Waals surface area (Å²) in [6.45, 7) is 2.79. The minimum atomic E-state index is -0.902. The fourth-order valence-corrected chi connectivity index (χ4v) is 3.07. The number of benzene rings is 2. The molecular weight excluding hydrogens is 332 g/mol. The van der Waals surface area contributed by atoms with Crippen LogP contribution in [0.3, 0.4) is 0 Å². The molecule has 2 aromatic rings. The monoisotopic (exact) mass is 354 g/mol. The molecule has 1 aliphatic rings. The number of phenols is 1. The Kier molecular flexibility index (Phi) is 5.06. The summed E-state index contributed by atoms with van der Waals surface area (Å²) in [5.41, 5.74) is 1.31. The van der Waals surface area contributed by atoms with E-state index < -0.39 is 5.60 Å². The predicted octanol–water partition coefficient (Wildman–Crippen LogP) is 1.72. The van der Waals surface area contributed by atoms with Crippen LogP contribution in [0.5, 0.6) is 5.75 Å². The molecular formula is C20H22N2O4. The quantitative estimate of drug-likeness (QED) is 0.613. The van der Waals surface area contributed by atoms with Crippen molar-refractivity contribution < 1.29 is 19.8 Å². The zero-order chi connectivity index (χ0) is 18.7. The van der Waals surface area contributed by atoms with E-state index in [4.69, 9.17) is 0 Å². The van der Waals surface area contributed by atoms with Crippen LogP contribution in [-0.4, -0.2) is 47.1 Å². The Morgan fingerprint density at radius 2 is 1.96 bits per heavy atom. The first-order valence-electron chi connectivity index (χ1n) is 8.54. The molecule has 136 valence electrons. The van der Waals surface area contributed by atoms with Crippen LogP contribution in [0.2, 0.25) is 0 Å².